The minimum absolute atomic E-state index is 0.0963. The van der Waals surface area contributed by atoms with Gasteiger partial charge in [0.25, 0.3) is 0 Å². The number of halogens is 1. The summed E-state index contributed by atoms with van der Waals surface area (Å²) in [5.74, 6) is 0.0275. The lowest BCUT2D eigenvalue weighted by Gasteiger charge is -2.35. The predicted octanol–water partition coefficient (Wildman–Crippen LogP) is 6.18. The highest BCUT2D eigenvalue weighted by Crippen LogP contribution is 2.44. The number of aryl methyl sites for hydroxylation is 2. The van der Waals surface area contributed by atoms with Gasteiger partial charge in [-0.1, -0.05) is 24.3 Å². The Morgan fingerprint density at radius 3 is 2.62 bits per heavy atom. The lowest BCUT2D eigenvalue weighted by molar-refractivity contribution is -0.138. The van der Waals surface area contributed by atoms with Crippen molar-refractivity contribution in [3.05, 3.63) is 85.7 Å². The molecule has 34 heavy (non-hydrogen) atoms. The highest BCUT2D eigenvalue weighted by Gasteiger charge is 2.39. The fourth-order valence-corrected chi connectivity index (χ4v) is 5.27. The minimum Gasteiger partial charge on any atom is -0.488 e. The Bertz CT molecular complexity index is 1210. The Hall–Kier alpha value is -2.86. The minimum atomic E-state index is -0.453. The van der Waals surface area contributed by atoms with E-state index in [1.807, 2.05) is 38.1 Å². The van der Waals surface area contributed by atoms with E-state index in [0.29, 0.717) is 24.2 Å². The quantitative estimate of drug-likeness (QED) is 0.458. The highest BCUT2D eigenvalue weighted by atomic mass is 79.9. The van der Waals surface area contributed by atoms with E-state index in [-0.39, 0.29) is 18.4 Å². The number of carbonyl (C=O) groups is 2. The predicted molar refractivity (Wildman–Crippen MR) is 135 cm³/mol. The zero-order valence-corrected chi connectivity index (χ0v) is 21.7. The summed E-state index contributed by atoms with van der Waals surface area (Å²) in [5, 5.41) is 3.34. The molecule has 0 fully saturated rings. The molecule has 0 bridgehead atoms. The van der Waals surface area contributed by atoms with E-state index in [1.54, 1.807) is 6.92 Å². The van der Waals surface area contributed by atoms with Crippen LogP contribution in [0, 0.1) is 13.8 Å². The van der Waals surface area contributed by atoms with Crippen LogP contribution in [0.1, 0.15) is 61.3 Å². The van der Waals surface area contributed by atoms with Gasteiger partial charge in [-0.2, -0.15) is 0 Å². The second kappa shape index (κ2) is 10.2. The molecule has 1 aliphatic heterocycles. The molecule has 1 atom stereocenters. The number of hydrogen-bond donors (Lipinski definition) is 1. The van der Waals surface area contributed by atoms with Crippen molar-refractivity contribution < 1.29 is 19.1 Å². The molecule has 0 radical (unpaired) electrons. The van der Waals surface area contributed by atoms with Crippen molar-refractivity contribution in [1.82, 2.24) is 5.32 Å². The largest absolute Gasteiger partial charge is 0.488 e. The Labute approximate surface area is 209 Å². The Balaban J connectivity index is 1.80. The standard InChI is InChI=1S/C28H30BrNO4/c1-5-33-28(32)25-18(4)30-22-10-8-11-23(31)27(22)26(25)20-14-19(16(2)13-17(20)3)15-34-24-12-7-6-9-21(24)29/h6-7,9,12-14,26,30H,5,8,10-11,15H2,1-4H3/t26-/m0/s1. The third-order valence-corrected chi connectivity index (χ3v) is 7.18. The smallest absolute Gasteiger partial charge is 0.336 e. The number of nitrogens with one attached hydrogen (secondary N) is 1. The number of hydrogen-bond acceptors (Lipinski definition) is 5. The molecule has 178 valence electrons. The van der Waals surface area contributed by atoms with Gasteiger partial charge in [-0.05, 0) is 90.9 Å². The molecule has 1 N–H and O–H groups in total. The van der Waals surface area contributed by atoms with Crippen LogP contribution in [0.5, 0.6) is 5.75 Å². The van der Waals surface area contributed by atoms with Crippen molar-refractivity contribution in [3.63, 3.8) is 0 Å². The van der Waals surface area contributed by atoms with Crippen molar-refractivity contribution in [1.29, 1.82) is 0 Å². The van der Waals surface area contributed by atoms with Crippen LogP contribution in [-0.4, -0.2) is 18.4 Å². The normalized spacial score (nSPS) is 17.9. The molecule has 2 aliphatic rings. The number of rotatable bonds is 6. The summed E-state index contributed by atoms with van der Waals surface area (Å²) >= 11 is 3.53. The van der Waals surface area contributed by atoms with Gasteiger partial charge in [-0.3, -0.25) is 4.79 Å². The van der Waals surface area contributed by atoms with E-state index in [9.17, 15) is 9.59 Å². The van der Waals surface area contributed by atoms with Gasteiger partial charge in [0.2, 0.25) is 0 Å². The molecule has 6 heteroatoms. The lowest BCUT2D eigenvalue weighted by Crippen LogP contribution is -2.34. The Morgan fingerprint density at radius 1 is 1.12 bits per heavy atom. The SMILES string of the molecule is CCOC(=O)C1=C(C)NC2=C(C(=O)CCC2)[C@H]1c1cc(COc2ccccc2Br)c(C)cc1C. The monoisotopic (exact) mass is 523 g/mol. The molecule has 0 unspecified atom stereocenters. The molecule has 0 amide bonds. The zero-order valence-electron chi connectivity index (χ0n) is 20.1. The van der Waals surface area contributed by atoms with Gasteiger partial charge < -0.3 is 14.8 Å². The van der Waals surface area contributed by atoms with Crippen molar-refractivity contribution in [2.24, 2.45) is 0 Å². The number of esters is 1. The number of allylic oxidation sites excluding steroid dienone is 3. The summed E-state index contributed by atoms with van der Waals surface area (Å²) in [6.07, 6.45) is 2.11. The number of para-hydroxylation sites is 1. The fourth-order valence-electron chi connectivity index (χ4n) is 4.87. The number of Topliss-reactive ketones (excluding diaryl/α,β-unsaturated/α-hetero) is 1. The summed E-state index contributed by atoms with van der Waals surface area (Å²) < 4.78 is 12.4. The van der Waals surface area contributed by atoms with Crippen LogP contribution in [0.25, 0.3) is 0 Å². The van der Waals surface area contributed by atoms with Gasteiger partial charge in [-0.25, -0.2) is 4.79 Å². The number of dihydropyridines is 1. The molecule has 0 saturated carbocycles. The van der Waals surface area contributed by atoms with Crippen molar-refractivity contribution in [2.45, 2.75) is 59.5 Å². The molecule has 0 saturated heterocycles. The molecule has 1 aliphatic carbocycles. The molecule has 2 aromatic rings. The van der Waals surface area contributed by atoms with Crippen LogP contribution < -0.4 is 10.1 Å². The average Bonchev–Trinajstić information content (AvgIpc) is 2.79. The topological polar surface area (TPSA) is 64.6 Å². The maximum Gasteiger partial charge on any atom is 0.336 e. The van der Waals surface area contributed by atoms with E-state index in [1.165, 1.54) is 0 Å². The van der Waals surface area contributed by atoms with Gasteiger partial charge in [0, 0.05) is 29.3 Å². The van der Waals surface area contributed by atoms with Crippen molar-refractivity contribution >= 4 is 27.7 Å². The molecule has 1 heterocycles. The number of benzene rings is 2. The highest BCUT2D eigenvalue weighted by molar-refractivity contribution is 9.10. The first-order chi connectivity index (χ1) is 16.3. The average molecular weight is 524 g/mol. The van der Waals surface area contributed by atoms with E-state index in [0.717, 1.165) is 56.7 Å². The van der Waals surface area contributed by atoms with E-state index in [4.69, 9.17) is 9.47 Å². The van der Waals surface area contributed by atoms with Gasteiger partial charge in [0.1, 0.15) is 12.4 Å². The summed E-state index contributed by atoms with van der Waals surface area (Å²) in [7, 11) is 0. The Kier molecular flexibility index (Phi) is 7.27. The van der Waals surface area contributed by atoms with Gasteiger partial charge in [0.15, 0.2) is 5.78 Å². The molecular weight excluding hydrogens is 494 g/mol. The first-order valence-corrected chi connectivity index (χ1v) is 12.5. The molecule has 4 rings (SSSR count). The second-order valence-corrected chi connectivity index (χ2v) is 9.69. The van der Waals surface area contributed by atoms with Gasteiger partial charge in [-0.15, -0.1) is 0 Å². The molecular formula is C28H30BrNO4. The molecule has 0 aromatic heterocycles. The number of carbonyl (C=O) groups excluding carboxylic acids is 2. The maximum absolute atomic E-state index is 13.2. The third-order valence-electron chi connectivity index (χ3n) is 6.53. The fraction of sp³-hybridized carbons (Fsp3) is 0.357. The molecule has 0 spiro atoms. The summed E-state index contributed by atoms with van der Waals surface area (Å²) in [4.78, 5) is 26.3. The van der Waals surface area contributed by atoms with Crippen LogP contribution in [0.4, 0.5) is 0 Å². The summed E-state index contributed by atoms with van der Waals surface area (Å²) in [5.41, 5.74) is 6.99. The van der Waals surface area contributed by atoms with Crippen molar-refractivity contribution in [2.75, 3.05) is 6.61 Å². The van der Waals surface area contributed by atoms with E-state index in [2.05, 4.69) is 40.3 Å². The van der Waals surface area contributed by atoms with Gasteiger partial charge >= 0.3 is 5.97 Å². The molecule has 2 aromatic carbocycles. The van der Waals surface area contributed by atoms with Crippen molar-refractivity contribution in [3.8, 4) is 5.75 Å². The lowest BCUT2D eigenvalue weighted by atomic mass is 9.73. The summed E-state index contributed by atoms with van der Waals surface area (Å²) in [6, 6.07) is 12.0. The van der Waals surface area contributed by atoms with Crippen LogP contribution in [-0.2, 0) is 20.9 Å². The van der Waals surface area contributed by atoms with Crippen LogP contribution in [0.15, 0.2) is 63.4 Å². The van der Waals surface area contributed by atoms with Crippen LogP contribution in [0.3, 0.4) is 0 Å². The second-order valence-electron chi connectivity index (χ2n) is 8.84. The summed E-state index contributed by atoms with van der Waals surface area (Å²) in [6.45, 7) is 8.44. The van der Waals surface area contributed by atoms with E-state index >= 15 is 0 Å². The van der Waals surface area contributed by atoms with Crippen LogP contribution >= 0.6 is 15.9 Å². The third kappa shape index (κ3) is 4.69. The Morgan fingerprint density at radius 2 is 1.88 bits per heavy atom. The zero-order chi connectivity index (χ0) is 24.4. The van der Waals surface area contributed by atoms with E-state index < -0.39 is 5.92 Å². The van der Waals surface area contributed by atoms with Crippen LogP contribution in [0.2, 0.25) is 0 Å². The number of ketones is 1. The molecule has 5 nitrogen and oxygen atoms in total. The number of ether oxygens (including phenoxy) is 2. The van der Waals surface area contributed by atoms with Gasteiger partial charge in [0.05, 0.1) is 16.7 Å². The maximum atomic E-state index is 13.2. The first-order valence-electron chi connectivity index (χ1n) is 11.7. The first kappa shape index (κ1) is 24.3.